The lowest BCUT2D eigenvalue weighted by Gasteiger charge is -2.19. The molecule has 1 heterocycles. The molecule has 1 rings (SSSR count). The number of hydrogen-bond donors (Lipinski definition) is 0. The van der Waals surface area contributed by atoms with Crippen LogP contribution in [0, 0.1) is 0 Å². The van der Waals surface area contributed by atoms with Gasteiger partial charge in [0.15, 0.2) is 6.20 Å². The lowest BCUT2D eigenvalue weighted by Crippen LogP contribution is -2.11. The average Bonchev–Trinajstić information content (AvgIpc) is 2.57. The summed E-state index contributed by atoms with van der Waals surface area (Å²) >= 11 is 1.51. The minimum atomic E-state index is -4.05. The van der Waals surface area contributed by atoms with Gasteiger partial charge in [-0.3, -0.25) is 4.57 Å². The quantitative estimate of drug-likeness (QED) is 0.670. The Morgan fingerprint density at radius 3 is 3.08 bits per heavy atom. The Hall–Kier alpha value is -0.260. The maximum absolute atomic E-state index is 10.7. The van der Waals surface area contributed by atoms with Gasteiger partial charge in [0.2, 0.25) is 5.01 Å². The molecule has 0 amide bonds. The first-order valence-corrected chi connectivity index (χ1v) is 5.93. The van der Waals surface area contributed by atoms with Crippen LogP contribution in [0.1, 0.15) is 5.01 Å². The van der Waals surface area contributed by atoms with Crippen LogP contribution in [0.3, 0.4) is 0 Å². The van der Waals surface area contributed by atoms with Crippen molar-refractivity contribution in [2.45, 2.75) is 6.42 Å². The van der Waals surface area contributed by atoms with Crippen LogP contribution >= 0.6 is 19.2 Å². The number of phosphoric ester groups is 1. The summed E-state index contributed by atoms with van der Waals surface area (Å²) in [7, 11) is -2.98. The van der Waals surface area contributed by atoms with Crippen LogP contribution in [0.15, 0.2) is 11.6 Å². The van der Waals surface area contributed by atoms with Crippen molar-refractivity contribution >= 4 is 19.2 Å². The van der Waals surface area contributed by atoms with E-state index in [0.29, 0.717) is 6.42 Å². The van der Waals surface area contributed by atoms with Crippen molar-refractivity contribution in [2.75, 3.05) is 13.7 Å². The van der Waals surface area contributed by atoms with Gasteiger partial charge in [-0.25, -0.2) is 4.98 Å². The van der Waals surface area contributed by atoms with Crippen LogP contribution < -0.4 is 9.88 Å². The van der Waals surface area contributed by atoms with Gasteiger partial charge in [-0.05, 0) is 0 Å². The van der Waals surface area contributed by atoms with Gasteiger partial charge in [-0.2, -0.15) is 0 Å². The highest BCUT2D eigenvalue weighted by Crippen LogP contribution is 2.36. The Balaban J connectivity index is 2.26. The molecule has 5 nitrogen and oxygen atoms in total. The number of hydrogen-bond acceptors (Lipinski definition) is 5. The summed E-state index contributed by atoms with van der Waals surface area (Å²) in [5.74, 6) is 0. The predicted molar refractivity (Wildman–Crippen MR) is 45.1 cm³/mol. The maximum Gasteiger partial charge on any atom is 0.267 e. The molecule has 1 N–H and O–H groups in total. The molecular formula is C6H10NO4PS. The van der Waals surface area contributed by atoms with Crippen molar-refractivity contribution in [3.8, 4) is 0 Å². The predicted octanol–water partition coefficient (Wildman–Crippen LogP) is 0.236. The second kappa shape index (κ2) is 4.83. The minimum absolute atomic E-state index is 0.103. The van der Waals surface area contributed by atoms with Crippen molar-refractivity contribution in [2.24, 2.45) is 0 Å². The second-order valence-corrected chi connectivity index (χ2v) is 4.72. The van der Waals surface area contributed by atoms with Gasteiger partial charge in [0, 0.05) is 7.11 Å². The highest BCUT2D eigenvalue weighted by atomic mass is 32.1. The first kappa shape index (κ1) is 10.8. The van der Waals surface area contributed by atoms with E-state index < -0.39 is 7.82 Å². The fourth-order valence-corrected chi connectivity index (χ4v) is 1.77. The van der Waals surface area contributed by atoms with Crippen molar-refractivity contribution < 1.29 is 23.5 Å². The summed E-state index contributed by atoms with van der Waals surface area (Å²) in [6.45, 7) is 0.103. The normalized spacial score (nSPS) is 15.5. The highest BCUT2D eigenvalue weighted by Gasteiger charge is 2.08. The van der Waals surface area contributed by atoms with E-state index in [1.54, 1.807) is 6.20 Å². The third-order valence-electron chi connectivity index (χ3n) is 1.32. The summed E-state index contributed by atoms with van der Waals surface area (Å²) in [4.78, 5) is 13.7. The van der Waals surface area contributed by atoms with E-state index in [1.807, 2.05) is 5.38 Å². The lowest BCUT2D eigenvalue weighted by molar-refractivity contribution is -0.382. The molecule has 0 aliphatic rings. The Morgan fingerprint density at radius 1 is 1.77 bits per heavy atom. The zero-order chi connectivity index (χ0) is 9.73. The van der Waals surface area contributed by atoms with Crippen LogP contribution in [-0.4, -0.2) is 13.7 Å². The van der Waals surface area contributed by atoms with E-state index in [4.69, 9.17) is 0 Å². The Morgan fingerprint density at radius 2 is 2.54 bits per heavy atom. The third-order valence-corrected chi connectivity index (χ3v) is 3.15. The molecule has 0 aliphatic heterocycles. The topological polar surface area (TPSA) is 72.7 Å². The zero-order valence-corrected chi connectivity index (χ0v) is 8.77. The fraction of sp³-hybridized carbons (Fsp3) is 0.500. The lowest BCUT2D eigenvalue weighted by atomic mass is 10.5. The van der Waals surface area contributed by atoms with E-state index in [-0.39, 0.29) is 6.61 Å². The number of nitrogens with one attached hydrogen (secondary N) is 1. The van der Waals surface area contributed by atoms with Crippen molar-refractivity contribution in [3.05, 3.63) is 16.6 Å². The number of aromatic nitrogens is 1. The fourth-order valence-electron chi connectivity index (χ4n) is 0.711. The Bertz CT molecular complexity index is 289. The molecule has 0 aliphatic carbocycles. The van der Waals surface area contributed by atoms with Crippen molar-refractivity contribution in [1.29, 1.82) is 0 Å². The first-order chi connectivity index (χ1) is 6.14. The molecular weight excluding hydrogens is 213 g/mol. The van der Waals surface area contributed by atoms with Gasteiger partial charge in [-0.1, -0.05) is 11.3 Å². The molecule has 1 aromatic heterocycles. The summed E-state index contributed by atoms with van der Waals surface area (Å²) < 4.78 is 19.3. The molecule has 0 radical (unpaired) electrons. The number of H-pyrrole nitrogens is 1. The average molecular weight is 223 g/mol. The number of thiazole rings is 1. The SMILES string of the molecule is COP(=O)([O-])OCCc1[nH+]ccs1. The molecule has 0 aromatic carbocycles. The van der Waals surface area contributed by atoms with E-state index in [0.717, 1.165) is 12.1 Å². The van der Waals surface area contributed by atoms with Gasteiger partial charge in [-0.15, -0.1) is 0 Å². The Kier molecular flexibility index (Phi) is 4.02. The molecule has 1 aromatic rings. The van der Waals surface area contributed by atoms with Crippen LogP contribution in [0.25, 0.3) is 0 Å². The van der Waals surface area contributed by atoms with Crippen LogP contribution in [0.2, 0.25) is 0 Å². The summed E-state index contributed by atoms with van der Waals surface area (Å²) in [5, 5.41) is 2.85. The number of rotatable bonds is 5. The Labute approximate surface area is 80.0 Å². The van der Waals surface area contributed by atoms with Crippen molar-refractivity contribution in [3.63, 3.8) is 0 Å². The van der Waals surface area contributed by atoms with Crippen LogP contribution in [0.4, 0.5) is 0 Å². The highest BCUT2D eigenvalue weighted by molar-refractivity contribution is 7.45. The first-order valence-electron chi connectivity index (χ1n) is 3.59. The smallest absolute Gasteiger partial charge is 0.267 e. The molecule has 0 spiro atoms. The second-order valence-electron chi connectivity index (χ2n) is 2.20. The standard InChI is InChI=1S/C6H10NO4PS/c1-10-12(8,9)11-4-2-6-7-3-5-13-6/h3,5H,2,4H2,1H3,(H,8,9). The van der Waals surface area contributed by atoms with E-state index >= 15 is 0 Å². The van der Waals surface area contributed by atoms with E-state index in [2.05, 4.69) is 14.0 Å². The third kappa shape index (κ3) is 3.97. The van der Waals surface area contributed by atoms with Gasteiger partial charge < -0.3 is 13.9 Å². The maximum atomic E-state index is 10.7. The molecule has 1 unspecified atom stereocenters. The van der Waals surface area contributed by atoms with Crippen LogP contribution in [0.5, 0.6) is 0 Å². The molecule has 74 valence electrons. The molecule has 0 saturated heterocycles. The van der Waals surface area contributed by atoms with Gasteiger partial charge in [0.1, 0.15) is 0 Å². The number of phosphoric acid groups is 1. The summed E-state index contributed by atoms with van der Waals surface area (Å²) in [5.41, 5.74) is 0. The van der Waals surface area contributed by atoms with Crippen LogP contribution in [-0.2, 0) is 20.0 Å². The summed E-state index contributed by atoms with van der Waals surface area (Å²) in [6.07, 6.45) is 2.32. The zero-order valence-electron chi connectivity index (χ0n) is 7.06. The van der Waals surface area contributed by atoms with E-state index in [9.17, 15) is 9.46 Å². The molecule has 0 saturated carbocycles. The van der Waals surface area contributed by atoms with Gasteiger partial charge in [0.05, 0.1) is 18.4 Å². The molecule has 0 bridgehead atoms. The summed E-state index contributed by atoms with van der Waals surface area (Å²) in [6, 6.07) is 0. The monoisotopic (exact) mass is 223 g/mol. The largest absolute Gasteiger partial charge is 0.756 e. The molecule has 0 fully saturated rings. The molecule has 1 atom stereocenters. The minimum Gasteiger partial charge on any atom is -0.756 e. The molecule has 13 heavy (non-hydrogen) atoms. The van der Waals surface area contributed by atoms with Gasteiger partial charge >= 0.3 is 0 Å². The number of aromatic amines is 1. The van der Waals surface area contributed by atoms with Gasteiger partial charge in [0.25, 0.3) is 7.82 Å². The van der Waals surface area contributed by atoms with Crippen molar-refractivity contribution in [1.82, 2.24) is 0 Å². The van der Waals surface area contributed by atoms with E-state index in [1.165, 1.54) is 11.3 Å². The molecule has 7 heteroatoms.